The van der Waals surface area contributed by atoms with Gasteiger partial charge in [-0.2, -0.15) is 0 Å². The number of pyridine rings is 1. The maximum absolute atomic E-state index is 12.6. The van der Waals surface area contributed by atoms with E-state index in [1.54, 1.807) is 48.5 Å². The molecule has 2 N–H and O–H groups in total. The van der Waals surface area contributed by atoms with Gasteiger partial charge in [-0.05, 0) is 24.3 Å². The first-order valence-electron chi connectivity index (χ1n) is 8.78. The third-order valence-corrected chi connectivity index (χ3v) is 5.16. The number of carbonyl (C=O) groups is 3. The summed E-state index contributed by atoms with van der Waals surface area (Å²) >= 11 is 17.6. The number of benzene rings is 2. The number of hydrogen-bond acceptors (Lipinski definition) is 5. The quantitative estimate of drug-likeness (QED) is 0.481. The Hall–Kier alpha value is -3.13. The first-order valence-corrected chi connectivity index (χ1v) is 9.92. The highest BCUT2D eigenvalue weighted by Crippen LogP contribution is 2.31. The average Bonchev–Trinajstić information content (AvgIpc) is 2.77. The molecule has 7 nitrogen and oxygen atoms in total. The molecule has 158 valence electrons. The summed E-state index contributed by atoms with van der Waals surface area (Å²) in [6.45, 7) is -0.633. The molecule has 31 heavy (non-hydrogen) atoms. The number of amides is 2. The Balaban J connectivity index is 1.64. The molecule has 2 aromatic carbocycles. The van der Waals surface area contributed by atoms with E-state index in [9.17, 15) is 14.4 Å². The van der Waals surface area contributed by atoms with Crippen molar-refractivity contribution in [2.75, 3.05) is 17.2 Å². The lowest BCUT2D eigenvalue weighted by Gasteiger charge is -2.12. The first kappa shape index (κ1) is 22.6. The maximum Gasteiger partial charge on any atom is 0.359 e. The number of anilines is 2. The molecule has 0 saturated heterocycles. The lowest BCUT2D eigenvalue weighted by molar-refractivity contribution is -0.119. The van der Waals surface area contributed by atoms with E-state index in [0.29, 0.717) is 5.69 Å². The number of halogens is 3. The van der Waals surface area contributed by atoms with Crippen molar-refractivity contribution in [3.8, 4) is 0 Å². The van der Waals surface area contributed by atoms with Gasteiger partial charge in [0.1, 0.15) is 0 Å². The van der Waals surface area contributed by atoms with Gasteiger partial charge in [-0.25, -0.2) is 9.78 Å². The van der Waals surface area contributed by atoms with Gasteiger partial charge in [0.15, 0.2) is 12.3 Å². The molecule has 0 fully saturated rings. The zero-order valence-corrected chi connectivity index (χ0v) is 18.0. The Labute approximate surface area is 192 Å². The lowest BCUT2D eigenvalue weighted by atomic mass is 10.1. The van der Waals surface area contributed by atoms with Crippen molar-refractivity contribution in [1.29, 1.82) is 0 Å². The summed E-state index contributed by atoms with van der Waals surface area (Å²) in [7, 11) is 0. The third-order valence-electron chi connectivity index (χ3n) is 3.92. The minimum atomic E-state index is -0.950. The van der Waals surface area contributed by atoms with E-state index in [0.717, 1.165) is 6.20 Å². The fourth-order valence-electron chi connectivity index (χ4n) is 2.48. The number of hydrogen-bond donors (Lipinski definition) is 2. The van der Waals surface area contributed by atoms with Crippen molar-refractivity contribution in [1.82, 2.24) is 4.98 Å². The van der Waals surface area contributed by atoms with Gasteiger partial charge < -0.3 is 15.4 Å². The summed E-state index contributed by atoms with van der Waals surface area (Å²) < 4.78 is 4.93. The average molecular weight is 479 g/mol. The van der Waals surface area contributed by atoms with E-state index >= 15 is 0 Å². The Morgan fingerprint density at radius 1 is 0.871 bits per heavy atom. The third kappa shape index (κ3) is 5.73. The van der Waals surface area contributed by atoms with Crippen LogP contribution >= 0.6 is 34.8 Å². The number of carbonyl (C=O) groups excluding carboxylic acids is 3. The van der Waals surface area contributed by atoms with Gasteiger partial charge in [0.05, 0.1) is 26.3 Å². The number of ether oxygens (including phenoxy) is 1. The molecular weight excluding hydrogens is 465 g/mol. The molecule has 0 saturated carbocycles. The highest BCUT2D eigenvalue weighted by molar-refractivity contribution is 6.48. The van der Waals surface area contributed by atoms with Crippen molar-refractivity contribution in [2.24, 2.45) is 0 Å². The van der Waals surface area contributed by atoms with Crippen LogP contribution in [-0.2, 0) is 9.53 Å². The molecule has 2 amide bonds. The normalized spacial score (nSPS) is 10.3. The Bertz CT molecular complexity index is 1140. The highest BCUT2D eigenvalue weighted by atomic mass is 35.5. The van der Waals surface area contributed by atoms with Crippen LogP contribution in [0, 0.1) is 0 Å². The van der Waals surface area contributed by atoms with Crippen LogP contribution in [0.4, 0.5) is 11.4 Å². The van der Waals surface area contributed by atoms with Crippen LogP contribution in [0.5, 0.6) is 0 Å². The summed E-state index contributed by atoms with van der Waals surface area (Å²) in [6.07, 6.45) is 1.15. The van der Waals surface area contributed by atoms with E-state index in [1.165, 1.54) is 0 Å². The topological polar surface area (TPSA) is 97.4 Å². The van der Waals surface area contributed by atoms with E-state index in [4.69, 9.17) is 39.5 Å². The summed E-state index contributed by atoms with van der Waals surface area (Å²) in [5.41, 5.74) is 0.822. The van der Waals surface area contributed by atoms with Gasteiger partial charge in [0.2, 0.25) is 0 Å². The molecule has 0 atom stereocenters. The van der Waals surface area contributed by atoms with Gasteiger partial charge in [-0.15, -0.1) is 0 Å². The predicted molar refractivity (Wildman–Crippen MR) is 119 cm³/mol. The lowest BCUT2D eigenvalue weighted by Crippen LogP contribution is -2.23. The zero-order chi connectivity index (χ0) is 22.4. The van der Waals surface area contributed by atoms with Crippen molar-refractivity contribution < 1.29 is 19.1 Å². The highest BCUT2D eigenvalue weighted by Gasteiger charge is 2.20. The molecule has 0 spiro atoms. The molecule has 1 aromatic heterocycles. The number of para-hydroxylation sites is 2. The maximum atomic E-state index is 12.6. The molecule has 0 radical (unpaired) electrons. The molecule has 3 aromatic rings. The van der Waals surface area contributed by atoms with Crippen LogP contribution in [0.1, 0.15) is 20.8 Å². The molecule has 0 bridgehead atoms. The molecule has 1 heterocycles. The summed E-state index contributed by atoms with van der Waals surface area (Å²) in [5.74, 6) is -2.02. The van der Waals surface area contributed by atoms with Crippen molar-refractivity contribution in [3.63, 3.8) is 0 Å². The number of aromatic nitrogens is 1. The number of nitrogens with one attached hydrogen (secondary N) is 2. The smallest absolute Gasteiger partial charge is 0.359 e. The van der Waals surface area contributed by atoms with E-state index in [-0.39, 0.29) is 32.0 Å². The van der Waals surface area contributed by atoms with E-state index in [1.807, 2.05) is 6.07 Å². The first-order chi connectivity index (χ1) is 14.9. The molecule has 0 unspecified atom stereocenters. The number of esters is 1. The second-order valence-corrected chi connectivity index (χ2v) is 7.24. The SMILES string of the molecule is O=C(COC(=O)c1ncc(Cl)c(Cl)c1Cl)Nc1ccccc1C(=O)Nc1ccccc1. The second-order valence-electron chi connectivity index (χ2n) is 6.07. The van der Waals surface area contributed by atoms with Gasteiger partial charge >= 0.3 is 5.97 Å². The van der Waals surface area contributed by atoms with E-state index in [2.05, 4.69) is 15.6 Å². The minimum absolute atomic E-state index is 0.0481. The van der Waals surface area contributed by atoms with Gasteiger partial charge in [0, 0.05) is 11.9 Å². The van der Waals surface area contributed by atoms with Crippen molar-refractivity contribution in [3.05, 3.63) is 87.1 Å². The number of rotatable bonds is 6. The Kier molecular flexibility index (Phi) is 7.46. The largest absolute Gasteiger partial charge is 0.451 e. The van der Waals surface area contributed by atoms with Crippen LogP contribution in [-0.4, -0.2) is 29.4 Å². The fourth-order valence-corrected chi connectivity index (χ4v) is 3.04. The van der Waals surface area contributed by atoms with Crippen LogP contribution in [0.3, 0.4) is 0 Å². The second kappa shape index (κ2) is 10.3. The molecule has 10 heteroatoms. The van der Waals surface area contributed by atoms with Gasteiger partial charge in [0.25, 0.3) is 11.8 Å². The standard InChI is InChI=1S/C21H14Cl3N3O4/c22-14-10-25-19(18(24)17(14)23)21(30)31-11-16(28)27-15-9-5-4-8-13(15)20(29)26-12-6-2-1-3-7-12/h1-10H,11H2,(H,26,29)(H,27,28). The van der Waals surface area contributed by atoms with Crippen LogP contribution in [0.15, 0.2) is 60.8 Å². The Morgan fingerprint density at radius 2 is 1.55 bits per heavy atom. The summed E-state index contributed by atoms with van der Waals surface area (Å²) in [4.78, 5) is 40.8. The monoisotopic (exact) mass is 477 g/mol. The van der Waals surface area contributed by atoms with Gasteiger partial charge in [-0.3, -0.25) is 9.59 Å². The van der Waals surface area contributed by atoms with Crippen LogP contribution in [0.2, 0.25) is 15.1 Å². The number of nitrogens with zero attached hydrogens (tertiary/aromatic N) is 1. The van der Waals surface area contributed by atoms with Crippen molar-refractivity contribution >= 4 is 64.0 Å². The Morgan fingerprint density at radius 3 is 2.29 bits per heavy atom. The minimum Gasteiger partial charge on any atom is -0.451 e. The summed E-state index contributed by atoms with van der Waals surface area (Å²) in [6, 6.07) is 15.3. The molecule has 0 aliphatic rings. The molecule has 0 aliphatic carbocycles. The van der Waals surface area contributed by atoms with E-state index < -0.39 is 24.4 Å². The van der Waals surface area contributed by atoms with Crippen LogP contribution < -0.4 is 10.6 Å². The molecule has 0 aliphatic heterocycles. The zero-order valence-electron chi connectivity index (χ0n) is 15.7. The summed E-state index contributed by atoms with van der Waals surface area (Å²) in [5, 5.41) is 5.13. The van der Waals surface area contributed by atoms with Crippen molar-refractivity contribution in [2.45, 2.75) is 0 Å². The fraction of sp³-hybridized carbons (Fsp3) is 0.0476. The molecular formula is C21H14Cl3N3O4. The van der Waals surface area contributed by atoms with Crippen LogP contribution in [0.25, 0.3) is 0 Å². The molecule has 3 rings (SSSR count). The van der Waals surface area contributed by atoms with Gasteiger partial charge in [-0.1, -0.05) is 65.1 Å². The predicted octanol–water partition coefficient (Wildman–Crippen LogP) is 5.09.